The second-order valence-corrected chi connectivity index (χ2v) is 8.77. The number of alkyl carbamates (subject to hydrolysis) is 1. The lowest BCUT2D eigenvalue weighted by atomic mass is 10.1. The molecule has 0 saturated carbocycles. The monoisotopic (exact) mass is 444 g/mol. The molecule has 3 rings (SSSR count). The first-order valence-corrected chi connectivity index (χ1v) is 10.6. The third-order valence-corrected chi connectivity index (χ3v) is 5.18. The van der Waals surface area contributed by atoms with E-state index in [9.17, 15) is 14.4 Å². The largest absolute Gasteiger partial charge is 0.463 e. The van der Waals surface area contributed by atoms with Gasteiger partial charge in [0.15, 0.2) is 0 Å². The summed E-state index contributed by atoms with van der Waals surface area (Å²) in [4.78, 5) is 41.2. The third-order valence-electron chi connectivity index (χ3n) is 4.19. The Balaban J connectivity index is 1.82. The zero-order chi connectivity index (χ0) is 22.8. The van der Waals surface area contributed by atoms with Crippen LogP contribution in [-0.4, -0.2) is 29.2 Å². The van der Waals surface area contributed by atoms with Crippen molar-refractivity contribution in [3.05, 3.63) is 45.3 Å². The zero-order valence-electron chi connectivity index (χ0n) is 18.0. The summed E-state index contributed by atoms with van der Waals surface area (Å²) < 4.78 is 16.1. The van der Waals surface area contributed by atoms with Gasteiger partial charge < -0.3 is 19.2 Å². The van der Waals surface area contributed by atoms with Crippen LogP contribution in [0.3, 0.4) is 0 Å². The molecule has 1 aromatic carbocycles. The summed E-state index contributed by atoms with van der Waals surface area (Å²) in [6.45, 7) is 8.55. The minimum absolute atomic E-state index is 0.199. The number of carbonyl (C=O) groups is 2. The number of nitrogens with zero attached hydrogens (tertiary/aromatic N) is 1. The normalized spacial score (nSPS) is 11.4. The van der Waals surface area contributed by atoms with Gasteiger partial charge in [0.05, 0.1) is 10.9 Å². The molecule has 0 unspecified atom stereocenters. The summed E-state index contributed by atoms with van der Waals surface area (Å²) in [5.41, 5.74) is 1.31. The van der Waals surface area contributed by atoms with Crippen LogP contribution in [0.5, 0.6) is 5.75 Å². The highest BCUT2D eigenvalue weighted by atomic mass is 32.1. The lowest BCUT2D eigenvalue weighted by Gasteiger charge is -2.19. The molecule has 0 spiro atoms. The highest BCUT2D eigenvalue weighted by Gasteiger charge is 2.19. The number of nitrogens with one attached hydrogen (secondary N) is 1. The van der Waals surface area contributed by atoms with Gasteiger partial charge in [-0.25, -0.2) is 14.6 Å². The first kappa shape index (κ1) is 22.5. The van der Waals surface area contributed by atoms with Crippen LogP contribution < -0.4 is 15.5 Å². The average molecular weight is 445 g/mol. The maximum atomic E-state index is 13.0. The Labute approximate surface area is 183 Å². The molecule has 0 aliphatic rings. The number of amides is 1. The fraction of sp³-hybridized carbons (Fsp3) is 0.364. The van der Waals surface area contributed by atoms with Gasteiger partial charge in [-0.1, -0.05) is 6.92 Å². The Bertz CT molecular complexity index is 1190. The standard InChI is InChI=1S/C22H24N2O6S/c1-6-13-7-14-17(28-10-15(19(14)26)20-24-12(2)11-31-20)8-16(13)29-18(25)9-23-21(27)30-22(3,4)5/h7-8,10-11H,6,9H2,1-5H3,(H,23,27). The van der Waals surface area contributed by atoms with Crippen LogP contribution in [0.15, 0.2) is 33.0 Å². The van der Waals surface area contributed by atoms with Crippen molar-refractivity contribution in [2.24, 2.45) is 0 Å². The maximum Gasteiger partial charge on any atom is 0.408 e. The SMILES string of the molecule is CCc1cc2c(=O)c(-c3nc(C)cs3)coc2cc1OC(=O)CNC(=O)OC(C)(C)C. The van der Waals surface area contributed by atoms with E-state index in [-0.39, 0.29) is 17.7 Å². The number of aromatic nitrogens is 1. The van der Waals surface area contributed by atoms with E-state index >= 15 is 0 Å². The van der Waals surface area contributed by atoms with E-state index in [0.717, 1.165) is 5.69 Å². The number of carbonyl (C=O) groups excluding carboxylic acids is 2. The Kier molecular flexibility index (Phi) is 6.45. The summed E-state index contributed by atoms with van der Waals surface area (Å²) in [5.74, 6) is -0.399. The third kappa shape index (κ3) is 5.49. The van der Waals surface area contributed by atoms with Crippen molar-refractivity contribution in [1.82, 2.24) is 10.3 Å². The van der Waals surface area contributed by atoms with Gasteiger partial charge >= 0.3 is 12.1 Å². The van der Waals surface area contributed by atoms with Crippen LogP contribution in [0.2, 0.25) is 0 Å². The van der Waals surface area contributed by atoms with Crippen molar-refractivity contribution in [2.75, 3.05) is 6.54 Å². The first-order valence-electron chi connectivity index (χ1n) is 9.76. The molecule has 2 aromatic heterocycles. The Morgan fingerprint density at radius 2 is 2.00 bits per heavy atom. The number of ether oxygens (including phenoxy) is 2. The average Bonchev–Trinajstić information content (AvgIpc) is 3.11. The second-order valence-electron chi connectivity index (χ2n) is 7.91. The second kappa shape index (κ2) is 8.89. The number of benzene rings is 1. The minimum Gasteiger partial charge on any atom is -0.463 e. The van der Waals surface area contributed by atoms with Crippen molar-refractivity contribution < 1.29 is 23.5 Å². The molecule has 0 aliphatic heterocycles. The van der Waals surface area contributed by atoms with Crippen LogP contribution in [0, 0.1) is 6.92 Å². The highest BCUT2D eigenvalue weighted by Crippen LogP contribution is 2.28. The van der Waals surface area contributed by atoms with E-state index in [1.165, 1.54) is 23.7 Å². The van der Waals surface area contributed by atoms with Crippen molar-refractivity contribution in [1.29, 1.82) is 0 Å². The Morgan fingerprint density at radius 3 is 2.61 bits per heavy atom. The fourth-order valence-electron chi connectivity index (χ4n) is 2.82. The van der Waals surface area contributed by atoms with E-state index in [1.807, 2.05) is 19.2 Å². The van der Waals surface area contributed by atoms with Gasteiger partial charge in [-0.15, -0.1) is 11.3 Å². The van der Waals surface area contributed by atoms with E-state index < -0.39 is 17.7 Å². The van der Waals surface area contributed by atoms with E-state index in [4.69, 9.17) is 13.9 Å². The predicted octanol–water partition coefficient (Wildman–Crippen LogP) is 4.22. The number of hydrogen-bond donors (Lipinski definition) is 1. The molecule has 0 aliphatic carbocycles. The molecule has 31 heavy (non-hydrogen) atoms. The molecule has 164 valence electrons. The number of rotatable bonds is 5. The van der Waals surface area contributed by atoms with Gasteiger partial charge in [0.25, 0.3) is 0 Å². The smallest absolute Gasteiger partial charge is 0.408 e. The summed E-state index contributed by atoms with van der Waals surface area (Å²) in [5, 5.41) is 5.20. The Hall–Kier alpha value is -3.20. The highest BCUT2D eigenvalue weighted by molar-refractivity contribution is 7.13. The van der Waals surface area contributed by atoms with Gasteiger partial charge in [0.1, 0.15) is 34.7 Å². The van der Waals surface area contributed by atoms with Gasteiger partial charge in [-0.05, 0) is 45.7 Å². The molecule has 9 heteroatoms. The molecule has 1 N–H and O–H groups in total. The molecule has 0 bridgehead atoms. The van der Waals surface area contributed by atoms with Gasteiger partial charge in [0, 0.05) is 17.1 Å². The number of hydrogen-bond acceptors (Lipinski definition) is 8. The van der Waals surface area contributed by atoms with Crippen LogP contribution in [0.1, 0.15) is 39.0 Å². The molecular formula is C22H24N2O6S. The van der Waals surface area contributed by atoms with Crippen LogP contribution >= 0.6 is 11.3 Å². The summed E-state index contributed by atoms with van der Waals surface area (Å²) >= 11 is 1.37. The van der Waals surface area contributed by atoms with Crippen molar-refractivity contribution in [3.63, 3.8) is 0 Å². The molecule has 0 fully saturated rings. The van der Waals surface area contributed by atoms with Gasteiger partial charge in [-0.3, -0.25) is 4.79 Å². The van der Waals surface area contributed by atoms with E-state index in [1.54, 1.807) is 26.8 Å². The van der Waals surface area contributed by atoms with E-state index in [0.29, 0.717) is 33.5 Å². The van der Waals surface area contributed by atoms with E-state index in [2.05, 4.69) is 10.3 Å². The maximum absolute atomic E-state index is 13.0. The number of fused-ring (bicyclic) bond motifs is 1. The van der Waals surface area contributed by atoms with Crippen molar-refractivity contribution in [3.8, 4) is 16.3 Å². The fourth-order valence-corrected chi connectivity index (χ4v) is 3.62. The molecule has 1 amide bonds. The summed E-state index contributed by atoms with van der Waals surface area (Å²) in [6, 6.07) is 3.17. The molecule has 2 heterocycles. The molecule has 0 saturated heterocycles. The number of esters is 1. The first-order chi connectivity index (χ1) is 14.6. The quantitative estimate of drug-likeness (QED) is 0.464. The van der Waals surface area contributed by atoms with Crippen LogP contribution in [0.25, 0.3) is 21.5 Å². The molecule has 0 radical (unpaired) electrons. The summed E-state index contributed by atoms with van der Waals surface area (Å²) in [6.07, 6.45) is 1.18. The predicted molar refractivity (Wildman–Crippen MR) is 118 cm³/mol. The lowest BCUT2D eigenvalue weighted by Crippen LogP contribution is -2.36. The lowest BCUT2D eigenvalue weighted by molar-refractivity contribution is -0.133. The number of aryl methyl sites for hydroxylation is 2. The summed E-state index contributed by atoms with van der Waals surface area (Å²) in [7, 11) is 0. The number of thiazole rings is 1. The molecule has 0 atom stereocenters. The topological polar surface area (TPSA) is 108 Å². The Morgan fingerprint density at radius 1 is 1.26 bits per heavy atom. The molecular weight excluding hydrogens is 420 g/mol. The van der Waals surface area contributed by atoms with Gasteiger partial charge in [0.2, 0.25) is 5.43 Å². The van der Waals surface area contributed by atoms with Gasteiger partial charge in [-0.2, -0.15) is 0 Å². The van der Waals surface area contributed by atoms with Crippen molar-refractivity contribution in [2.45, 2.75) is 46.6 Å². The van der Waals surface area contributed by atoms with Crippen molar-refractivity contribution >= 4 is 34.4 Å². The zero-order valence-corrected chi connectivity index (χ0v) is 18.8. The van der Waals surface area contributed by atoms with Crippen LogP contribution in [0.4, 0.5) is 4.79 Å². The van der Waals surface area contributed by atoms with Crippen LogP contribution in [-0.2, 0) is 16.0 Å². The molecule has 8 nitrogen and oxygen atoms in total. The minimum atomic E-state index is -0.713. The molecule has 3 aromatic rings.